The first kappa shape index (κ1) is 46.4. The van der Waals surface area contributed by atoms with Gasteiger partial charge in [-0.05, 0) is 105 Å². The highest BCUT2D eigenvalue weighted by atomic mass is 35.5. The van der Waals surface area contributed by atoms with Crippen LogP contribution in [0.2, 0.25) is 20.1 Å². The molecule has 18 heteroatoms. The molecular weight excluding hydrogens is 918 g/mol. The van der Waals surface area contributed by atoms with Crippen molar-refractivity contribution >= 4 is 121 Å². The van der Waals surface area contributed by atoms with Crippen molar-refractivity contribution < 1.29 is 23.9 Å². The number of unbranched alkanes of at least 4 members (excludes halogenated alkanes) is 2. The van der Waals surface area contributed by atoms with Gasteiger partial charge in [0.25, 0.3) is 11.8 Å². The molecule has 13 nitrogen and oxygen atoms in total. The molecule has 2 unspecified atom stereocenters. The molecule has 3 amide bonds. The highest BCUT2D eigenvalue weighted by molar-refractivity contribution is 8.01. The molecule has 0 bridgehead atoms. The summed E-state index contributed by atoms with van der Waals surface area (Å²) in [6.45, 7) is 5.78. The van der Waals surface area contributed by atoms with Crippen LogP contribution in [0.5, 0.6) is 5.75 Å². The van der Waals surface area contributed by atoms with E-state index in [0.29, 0.717) is 70.7 Å². The number of aromatic amines is 1. The number of carbonyl (C=O) groups excluding carboxylic acids is 4. The molecule has 5 aromatic carbocycles. The molecule has 64 heavy (non-hydrogen) atoms. The quantitative estimate of drug-likeness (QED) is 0.0513. The van der Waals surface area contributed by atoms with Crippen LogP contribution in [0.25, 0.3) is 11.0 Å². The van der Waals surface area contributed by atoms with Crippen LogP contribution in [0.4, 0.5) is 22.7 Å². The molecule has 4 N–H and O–H groups in total. The summed E-state index contributed by atoms with van der Waals surface area (Å²) in [5.74, 6) is -0.280. The maximum atomic E-state index is 14.4. The van der Waals surface area contributed by atoms with Gasteiger partial charge in [0, 0.05) is 34.0 Å². The average Bonchev–Trinajstić information content (AvgIpc) is 3.85. The number of Topliss-reactive ketones (excluding diaryl/α,β-unsaturated/α-hetero) is 1. The van der Waals surface area contributed by atoms with E-state index in [1.165, 1.54) is 17.1 Å². The summed E-state index contributed by atoms with van der Waals surface area (Å²) >= 11 is 27.3. The third kappa shape index (κ3) is 11.2. The number of para-hydroxylation sites is 1. The average molecular weight is 961 g/mol. The van der Waals surface area contributed by atoms with Gasteiger partial charge in [0.1, 0.15) is 33.6 Å². The molecule has 1 aromatic heterocycles. The smallest absolute Gasteiger partial charge is 0.267 e. The Kier molecular flexibility index (Phi) is 15.1. The largest absolute Gasteiger partial charge is 0.480 e. The molecule has 2 heterocycles. The highest BCUT2D eigenvalue weighted by Crippen LogP contribution is 2.41. The van der Waals surface area contributed by atoms with Crippen molar-refractivity contribution in [2.45, 2.75) is 75.5 Å². The summed E-state index contributed by atoms with van der Waals surface area (Å²) in [6.07, 6.45) is 2.05. The van der Waals surface area contributed by atoms with Crippen LogP contribution in [-0.2, 0) is 14.4 Å². The number of carbonyl (C=O) groups is 4. The minimum Gasteiger partial charge on any atom is -0.480 e. The van der Waals surface area contributed by atoms with Crippen molar-refractivity contribution in [3.63, 3.8) is 0 Å². The van der Waals surface area contributed by atoms with Gasteiger partial charge in [0.2, 0.25) is 5.91 Å². The van der Waals surface area contributed by atoms with Gasteiger partial charge in [-0.2, -0.15) is 15.4 Å². The molecular formula is C46H42Cl4N8O5S. The van der Waals surface area contributed by atoms with Gasteiger partial charge in [0.15, 0.2) is 11.9 Å². The Balaban J connectivity index is 1.06. The summed E-state index contributed by atoms with van der Waals surface area (Å²) in [5, 5.41) is 17.4. The number of aryl methyl sites for hydroxylation is 2. The lowest BCUT2D eigenvalue weighted by Gasteiger charge is -2.20. The molecule has 1 aliphatic rings. The number of fused-ring (bicyclic) bond motifs is 1. The molecule has 1 saturated heterocycles. The third-order valence-electron chi connectivity index (χ3n) is 10.2. The fourth-order valence-corrected chi connectivity index (χ4v) is 9.15. The SMILES string of the molecule is CCC(Oc1ccc(C)cc1C)C(=O)Nc1ccccc1SC1C(=O)N(c2c(Cl)cc(Cl)cc2Cl)NC1=Nc1cc(NC(=O)CCCCCC(=O)c2ccc3n[nH]nc3c2)ccc1Cl. The number of ketones is 1. The van der Waals surface area contributed by atoms with E-state index in [4.69, 9.17) is 56.1 Å². The van der Waals surface area contributed by atoms with Crippen molar-refractivity contribution in [3.8, 4) is 5.75 Å². The summed E-state index contributed by atoms with van der Waals surface area (Å²) in [5.41, 5.74) is 8.26. The second-order valence-corrected chi connectivity index (χ2v) is 17.8. The zero-order chi connectivity index (χ0) is 45.5. The van der Waals surface area contributed by atoms with E-state index in [2.05, 4.69) is 31.5 Å². The van der Waals surface area contributed by atoms with Crippen LogP contribution in [0, 0.1) is 13.8 Å². The molecule has 1 aliphatic heterocycles. The van der Waals surface area contributed by atoms with Gasteiger partial charge in [-0.1, -0.05) is 89.6 Å². The van der Waals surface area contributed by atoms with E-state index in [-0.39, 0.29) is 61.3 Å². The summed E-state index contributed by atoms with van der Waals surface area (Å²) in [4.78, 5) is 59.3. The summed E-state index contributed by atoms with van der Waals surface area (Å²) in [6, 6.07) is 25.8. The lowest BCUT2D eigenvalue weighted by molar-refractivity contribution is -0.123. The Morgan fingerprint density at radius 3 is 2.36 bits per heavy atom. The Morgan fingerprint density at radius 2 is 1.59 bits per heavy atom. The van der Waals surface area contributed by atoms with Crippen LogP contribution in [0.3, 0.4) is 0 Å². The van der Waals surface area contributed by atoms with Gasteiger partial charge >= 0.3 is 0 Å². The number of nitrogens with zero attached hydrogens (tertiary/aromatic N) is 4. The van der Waals surface area contributed by atoms with E-state index in [0.717, 1.165) is 22.9 Å². The van der Waals surface area contributed by atoms with E-state index in [1.54, 1.807) is 60.7 Å². The zero-order valence-corrected chi connectivity index (χ0v) is 38.6. The second-order valence-electron chi connectivity index (χ2n) is 15.0. The number of hydrazine groups is 1. The predicted molar refractivity (Wildman–Crippen MR) is 256 cm³/mol. The molecule has 330 valence electrons. The minimum absolute atomic E-state index is 0.00191. The highest BCUT2D eigenvalue weighted by Gasteiger charge is 2.41. The lowest BCUT2D eigenvalue weighted by atomic mass is 10.0. The van der Waals surface area contributed by atoms with Crippen molar-refractivity contribution in [3.05, 3.63) is 128 Å². The summed E-state index contributed by atoms with van der Waals surface area (Å²) in [7, 11) is 0. The first-order valence-corrected chi connectivity index (χ1v) is 22.7. The van der Waals surface area contributed by atoms with E-state index in [9.17, 15) is 19.2 Å². The molecule has 0 spiro atoms. The van der Waals surface area contributed by atoms with Gasteiger partial charge in [-0.25, -0.2) is 10.0 Å². The molecule has 6 aromatic rings. The van der Waals surface area contributed by atoms with Crippen LogP contribution < -0.4 is 25.8 Å². The number of rotatable bonds is 17. The van der Waals surface area contributed by atoms with Crippen molar-refractivity contribution in [2.75, 3.05) is 15.6 Å². The standard InChI is InChI=1S/C46H42Cl4N8O5S/c1-4-38(63-39-19-14-25(2)20-26(39)3)45(61)53-34-10-8-9-12-40(34)64-43-44(56-58(46(43)62)42-31(49)22-28(47)23-32(42)50)52-35-24-29(16-17-30(35)48)51-41(60)13-7-5-6-11-37(59)27-15-18-33-36(21-27)55-57-54-33/h8-10,12,14-24,38,43H,4-7,11,13H2,1-3H3,(H,51,60)(H,52,56)(H,53,61)(H,54,55,57). The number of nitrogens with one attached hydrogen (secondary N) is 4. The number of hydrogen-bond acceptors (Lipinski definition) is 9. The molecule has 0 radical (unpaired) electrons. The first-order chi connectivity index (χ1) is 30.8. The number of aromatic nitrogens is 3. The molecule has 7 rings (SSSR count). The molecule has 1 fully saturated rings. The van der Waals surface area contributed by atoms with E-state index in [1.807, 2.05) is 39.0 Å². The van der Waals surface area contributed by atoms with Crippen molar-refractivity contribution in [1.82, 2.24) is 20.8 Å². The number of aliphatic imine (C=N–C) groups is 1. The Hall–Kier alpha value is -5.64. The lowest BCUT2D eigenvalue weighted by Crippen LogP contribution is -2.36. The zero-order valence-electron chi connectivity index (χ0n) is 34.8. The van der Waals surface area contributed by atoms with Gasteiger partial charge < -0.3 is 15.4 Å². The van der Waals surface area contributed by atoms with Crippen LogP contribution >= 0.6 is 58.2 Å². The number of halogens is 4. The number of H-pyrrole nitrogens is 1. The number of ether oxygens (including phenoxy) is 1. The Labute approximate surface area is 393 Å². The number of amides is 3. The third-order valence-corrected chi connectivity index (χ3v) is 12.6. The molecule has 0 aliphatic carbocycles. The first-order valence-electron chi connectivity index (χ1n) is 20.3. The fourth-order valence-electron chi connectivity index (χ4n) is 6.92. The number of thioether (sulfide) groups is 1. The second kappa shape index (κ2) is 20.9. The number of benzene rings is 5. The number of amidine groups is 1. The van der Waals surface area contributed by atoms with Crippen LogP contribution in [0.15, 0.2) is 101 Å². The monoisotopic (exact) mass is 958 g/mol. The number of anilines is 3. The van der Waals surface area contributed by atoms with E-state index < -0.39 is 17.3 Å². The minimum atomic E-state index is -1.03. The number of hydrogen-bond donors (Lipinski definition) is 4. The van der Waals surface area contributed by atoms with Gasteiger partial charge in [-0.3, -0.25) is 24.6 Å². The Bertz CT molecular complexity index is 2760. The van der Waals surface area contributed by atoms with Crippen molar-refractivity contribution in [2.24, 2.45) is 4.99 Å². The molecule has 2 atom stereocenters. The van der Waals surface area contributed by atoms with Gasteiger partial charge in [-0.15, -0.1) is 11.8 Å². The van der Waals surface area contributed by atoms with Crippen LogP contribution in [0.1, 0.15) is 66.9 Å². The van der Waals surface area contributed by atoms with Crippen LogP contribution in [-0.4, -0.2) is 56.1 Å². The normalized spacial score (nSPS) is 14.7. The molecule has 0 saturated carbocycles. The Morgan fingerprint density at radius 1 is 0.844 bits per heavy atom. The van der Waals surface area contributed by atoms with E-state index >= 15 is 0 Å². The van der Waals surface area contributed by atoms with Crippen molar-refractivity contribution in [1.29, 1.82) is 0 Å². The van der Waals surface area contributed by atoms with Gasteiger partial charge in [0.05, 0.1) is 26.4 Å². The summed E-state index contributed by atoms with van der Waals surface area (Å²) < 4.78 is 6.16. The maximum Gasteiger partial charge on any atom is 0.267 e. The predicted octanol–water partition coefficient (Wildman–Crippen LogP) is 11.5. The topological polar surface area (TPSA) is 171 Å². The maximum absolute atomic E-state index is 14.4. The fraction of sp³-hybridized carbons (Fsp3) is 0.239.